The lowest BCUT2D eigenvalue weighted by atomic mass is 10.2. The molecule has 0 amide bonds. The first-order valence-electron chi connectivity index (χ1n) is 4.02. The van der Waals surface area contributed by atoms with Crippen molar-refractivity contribution in [3.8, 4) is 0 Å². The van der Waals surface area contributed by atoms with Crippen LogP contribution in [0.4, 0.5) is 13.2 Å². The molecule has 1 aliphatic rings. The van der Waals surface area contributed by atoms with Gasteiger partial charge in [0.25, 0.3) is 0 Å². The van der Waals surface area contributed by atoms with E-state index in [2.05, 4.69) is 9.50 Å². The van der Waals surface area contributed by atoms with Gasteiger partial charge in [-0.1, -0.05) is 0 Å². The molecule has 1 atom stereocenters. The van der Waals surface area contributed by atoms with Gasteiger partial charge in [0.1, 0.15) is 0 Å². The fourth-order valence-corrected chi connectivity index (χ4v) is 1.61. The van der Waals surface area contributed by atoms with Crippen LogP contribution in [-0.2, 0) is 14.3 Å². The third-order valence-electron chi connectivity index (χ3n) is 1.87. The molecule has 0 unspecified atom stereocenters. The molecule has 1 heterocycles. The molecule has 8 heteroatoms. The van der Waals surface area contributed by atoms with Crippen molar-refractivity contribution >= 4 is 10.1 Å². The summed E-state index contributed by atoms with van der Waals surface area (Å²) in [6.45, 7) is 0.224. The van der Waals surface area contributed by atoms with Crippen molar-refractivity contribution in [2.75, 3.05) is 13.2 Å². The minimum atomic E-state index is -5.43. The Balaban J connectivity index is 2.44. The average Bonchev–Trinajstić information content (AvgIpc) is 2.50. The van der Waals surface area contributed by atoms with Gasteiger partial charge in [-0.25, -0.2) is 0 Å². The standard InChI is InChI=1S/C6H10F3NO3S/c7-6(8,9)14(11,12)13-4-5-2-1-3-10-5/h5,10H,1-4H2/t5-/m1/s1. The molecular weight excluding hydrogens is 223 g/mol. The molecule has 0 bridgehead atoms. The van der Waals surface area contributed by atoms with Gasteiger partial charge in [-0.15, -0.1) is 0 Å². The van der Waals surface area contributed by atoms with Crippen molar-refractivity contribution < 1.29 is 25.8 Å². The predicted molar refractivity (Wildman–Crippen MR) is 42.0 cm³/mol. The zero-order valence-electron chi connectivity index (χ0n) is 7.17. The largest absolute Gasteiger partial charge is 0.523 e. The van der Waals surface area contributed by atoms with Gasteiger partial charge in [-0.3, -0.25) is 4.18 Å². The Morgan fingerprint density at radius 3 is 2.50 bits per heavy atom. The van der Waals surface area contributed by atoms with Crippen molar-refractivity contribution in [2.45, 2.75) is 24.4 Å². The second-order valence-corrected chi connectivity index (χ2v) is 4.58. The number of halogens is 3. The van der Waals surface area contributed by atoms with Crippen LogP contribution < -0.4 is 5.32 Å². The minimum Gasteiger partial charge on any atom is -0.312 e. The molecule has 1 fully saturated rings. The van der Waals surface area contributed by atoms with Crippen molar-refractivity contribution in [3.63, 3.8) is 0 Å². The lowest BCUT2D eigenvalue weighted by molar-refractivity contribution is -0.0545. The van der Waals surface area contributed by atoms with Gasteiger partial charge in [0.2, 0.25) is 0 Å². The molecule has 84 valence electrons. The van der Waals surface area contributed by atoms with Crippen LogP contribution in [0.15, 0.2) is 0 Å². The van der Waals surface area contributed by atoms with E-state index >= 15 is 0 Å². The molecule has 1 aliphatic heterocycles. The fraction of sp³-hybridized carbons (Fsp3) is 1.00. The van der Waals surface area contributed by atoms with E-state index in [0.717, 1.165) is 6.42 Å². The molecular formula is C6H10F3NO3S. The number of alkyl halides is 3. The molecule has 4 nitrogen and oxygen atoms in total. The molecule has 1 saturated heterocycles. The van der Waals surface area contributed by atoms with Crippen LogP contribution in [-0.4, -0.2) is 33.1 Å². The number of hydrogen-bond acceptors (Lipinski definition) is 4. The van der Waals surface area contributed by atoms with Gasteiger partial charge >= 0.3 is 15.6 Å². The molecule has 0 spiro atoms. The van der Waals surface area contributed by atoms with Crippen LogP contribution in [0.2, 0.25) is 0 Å². The maximum absolute atomic E-state index is 11.8. The highest BCUT2D eigenvalue weighted by Gasteiger charge is 2.47. The van der Waals surface area contributed by atoms with Gasteiger partial charge in [0.15, 0.2) is 0 Å². The molecule has 1 rings (SSSR count). The highest BCUT2D eigenvalue weighted by Crippen LogP contribution is 2.24. The number of rotatable bonds is 3. The highest BCUT2D eigenvalue weighted by atomic mass is 32.2. The normalized spacial score (nSPS) is 24.1. The van der Waals surface area contributed by atoms with Crippen LogP contribution in [0.5, 0.6) is 0 Å². The molecule has 0 saturated carbocycles. The van der Waals surface area contributed by atoms with Crippen molar-refractivity contribution in [1.82, 2.24) is 5.32 Å². The fourth-order valence-electron chi connectivity index (χ4n) is 1.14. The topological polar surface area (TPSA) is 55.4 Å². The summed E-state index contributed by atoms with van der Waals surface area (Å²) >= 11 is 0. The van der Waals surface area contributed by atoms with Gasteiger partial charge in [0, 0.05) is 6.04 Å². The molecule has 0 radical (unpaired) electrons. The van der Waals surface area contributed by atoms with Gasteiger partial charge in [-0.2, -0.15) is 21.6 Å². The Morgan fingerprint density at radius 2 is 2.07 bits per heavy atom. The van der Waals surface area contributed by atoms with Crippen LogP contribution in [0, 0.1) is 0 Å². The van der Waals surface area contributed by atoms with E-state index in [1.165, 1.54) is 0 Å². The van der Waals surface area contributed by atoms with E-state index in [1.807, 2.05) is 0 Å². The van der Waals surface area contributed by atoms with E-state index in [-0.39, 0.29) is 6.04 Å². The van der Waals surface area contributed by atoms with Crippen molar-refractivity contribution in [3.05, 3.63) is 0 Å². The summed E-state index contributed by atoms with van der Waals surface area (Å²) in [5, 5.41) is 2.82. The maximum Gasteiger partial charge on any atom is 0.523 e. The summed E-state index contributed by atoms with van der Waals surface area (Å²) in [5.74, 6) is 0. The monoisotopic (exact) mass is 233 g/mol. The van der Waals surface area contributed by atoms with Gasteiger partial charge < -0.3 is 5.32 Å². The van der Waals surface area contributed by atoms with E-state index in [1.54, 1.807) is 0 Å². The summed E-state index contributed by atoms with van der Waals surface area (Å²) in [6, 6.07) is -0.299. The Labute approximate surface area is 79.6 Å². The summed E-state index contributed by atoms with van der Waals surface area (Å²) in [6.07, 6.45) is 1.45. The summed E-state index contributed by atoms with van der Waals surface area (Å²) < 4.78 is 60.1. The zero-order valence-corrected chi connectivity index (χ0v) is 7.99. The quantitative estimate of drug-likeness (QED) is 0.573. The SMILES string of the molecule is O=S(=O)(OC[C@H]1CCCN1)C(F)(F)F. The first-order chi connectivity index (χ1) is 6.33. The molecule has 0 aromatic heterocycles. The second kappa shape index (κ2) is 4.03. The number of hydrogen-bond donors (Lipinski definition) is 1. The summed E-state index contributed by atoms with van der Waals surface area (Å²) in [4.78, 5) is 0. The van der Waals surface area contributed by atoms with Crippen molar-refractivity contribution in [1.29, 1.82) is 0 Å². The minimum absolute atomic E-state index is 0.299. The van der Waals surface area contributed by atoms with Crippen molar-refractivity contribution in [2.24, 2.45) is 0 Å². The Bertz CT molecular complexity index is 281. The highest BCUT2D eigenvalue weighted by molar-refractivity contribution is 7.87. The van der Waals surface area contributed by atoms with E-state index in [4.69, 9.17) is 0 Å². The molecule has 0 aromatic rings. The first-order valence-corrected chi connectivity index (χ1v) is 5.43. The predicted octanol–water partition coefficient (Wildman–Crippen LogP) is 0.605. The van der Waals surface area contributed by atoms with E-state index < -0.39 is 22.2 Å². The smallest absolute Gasteiger partial charge is 0.312 e. The lowest BCUT2D eigenvalue weighted by Crippen LogP contribution is -2.32. The third-order valence-corrected chi connectivity index (χ3v) is 2.88. The Hall–Kier alpha value is -0.340. The van der Waals surface area contributed by atoms with Crippen LogP contribution in [0.3, 0.4) is 0 Å². The van der Waals surface area contributed by atoms with Gasteiger partial charge in [-0.05, 0) is 19.4 Å². The molecule has 14 heavy (non-hydrogen) atoms. The second-order valence-electron chi connectivity index (χ2n) is 2.98. The zero-order chi connectivity index (χ0) is 10.8. The first kappa shape index (κ1) is 11.7. The van der Waals surface area contributed by atoms with Crippen LogP contribution in [0.1, 0.15) is 12.8 Å². The Morgan fingerprint density at radius 1 is 1.43 bits per heavy atom. The Kier molecular flexibility index (Phi) is 3.38. The number of nitrogens with one attached hydrogen (secondary N) is 1. The van der Waals surface area contributed by atoms with E-state index in [9.17, 15) is 21.6 Å². The van der Waals surface area contributed by atoms with Gasteiger partial charge in [0.05, 0.1) is 6.61 Å². The molecule has 0 aromatic carbocycles. The van der Waals surface area contributed by atoms with E-state index in [0.29, 0.717) is 13.0 Å². The maximum atomic E-state index is 11.8. The van der Waals surface area contributed by atoms with Crippen LogP contribution in [0.25, 0.3) is 0 Å². The lowest BCUT2D eigenvalue weighted by Gasteiger charge is -2.12. The van der Waals surface area contributed by atoms with Crippen LogP contribution >= 0.6 is 0 Å². The summed E-state index contributed by atoms with van der Waals surface area (Å²) in [7, 11) is -5.43. The molecule has 1 N–H and O–H groups in total. The summed E-state index contributed by atoms with van der Waals surface area (Å²) in [5.41, 5.74) is -5.33. The average molecular weight is 233 g/mol. The molecule has 0 aliphatic carbocycles. The third kappa shape index (κ3) is 2.82.